The van der Waals surface area contributed by atoms with Crippen LogP contribution in [-0.2, 0) is 19.6 Å². The molecule has 0 radical (unpaired) electrons. The second-order valence-electron chi connectivity index (χ2n) is 3.25. The Morgan fingerprint density at radius 1 is 1.53 bits per heavy atom. The van der Waals surface area contributed by atoms with Crippen LogP contribution in [0.1, 0.15) is 10.4 Å². The lowest BCUT2D eigenvalue weighted by molar-refractivity contribution is -0.140. The largest absolute Gasteiger partial charge is 0.468 e. The maximum Gasteiger partial charge on any atom is 0.326 e. The van der Waals surface area contributed by atoms with E-state index in [1.54, 1.807) is 0 Å². The van der Waals surface area contributed by atoms with Gasteiger partial charge in [0.05, 0.1) is 12.7 Å². The van der Waals surface area contributed by atoms with E-state index in [9.17, 15) is 18.0 Å². The van der Waals surface area contributed by atoms with Crippen molar-refractivity contribution in [2.24, 2.45) is 0 Å². The molecule has 7 nitrogen and oxygen atoms in total. The van der Waals surface area contributed by atoms with Gasteiger partial charge in [-0.1, -0.05) is 0 Å². The van der Waals surface area contributed by atoms with Crippen molar-refractivity contribution in [2.45, 2.75) is 5.03 Å². The number of amides is 1. The van der Waals surface area contributed by atoms with Gasteiger partial charge in [0.15, 0.2) is 5.03 Å². The third-order valence-electron chi connectivity index (χ3n) is 2.26. The predicted octanol–water partition coefficient (Wildman–Crippen LogP) is -0.601. The summed E-state index contributed by atoms with van der Waals surface area (Å²) >= 11 is 0. The number of sulfonamides is 1. The molecule has 1 aliphatic rings. The minimum atomic E-state index is -4.03. The van der Waals surface area contributed by atoms with Crippen molar-refractivity contribution in [3.05, 3.63) is 23.9 Å². The average Bonchev–Trinajstić information content (AvgIpc) is 2.51. The molecular formula is C9H8N2O5S. The molecule has 90 valence electrons. The van der Waals surface area contributed by atoms with Crippen LogP contribution in [0.3, 0.4) is 0 Å². The first kappa shape index (κ1) is 11.5. The number of fused-ring (bicyclic) bond motifs is 1. The molecule has 0 fully saturated rings. The van der Waals surface area contributed by atoms with E-state index in [0.29, 0.717) is 4.31 Å². The molecule has 0 aromatic carbocycles. The Hall–Kier alpha value is -1.96. The Morgan fingerprint density at radius 3 is 2.82 bits per heavy atom. The highest BCUT2D eigenvalue weighted by Gasteiger charge is 2.43. The number of rotatable bonds is 2. The molecule has 0 aliphatic carbocycles. The SMILES string of the molecule is COC(=O)CN1C(=O)c2cccnc2S1(=O)=O. The van der Waals surface area contributed by atoms with Gasteiger partial charge in [-0.25, -0.2) is 9.29 Å². The number of ether oxygens (including phenoxy) is 1. The fourth-order valence-electron chi connectivity index (χ4n) is 1.45. The highest BCUT2D eigenvalue weighted by atomic mass is 32.2. The Balaban J connectivity index is 2.48. The van der Waals surface area contributed by atoms with E-state index < -0.39 is 28.4 Å². The molecule has 0 atom stereocenters. The number of nitrogens with zero attached hydrogens (tertiary/aromatic N) is 2. The van der Waals surface area contributed by atoms with E-state index in [2.05, 4.69) is 9.72 Å². The quantitative estimate of drug-likeness (QED) is 0.656. The van der Waals surface area contributed by atoms with Crippen LogP contribution in [-0.4, -0.2) is 43.2 Å². The maximum absolute atomic E-state index is 11.9. The van der Waals surface area contributed by atoms with Crippen molar-refractivity contribution in [2.75, 3.05) is 13.7 Å². The minimum absolute atomic E-state index is 0.0311. The molecule has 2 heterocycles. The van der Waals surface area contributed by atoms with E-state index in [-0.39, 0.29) is 10.6 Å². The lowest BCUT2D eigenvalue weighted by Gasteiger charge is -2.12. The van der Waals surface area contributed by atoms with E-state index in [4.69, 9.17) is 0 Å². The molecule has 2 rings (SSSR count). The van der Waals surface area contributed by atoms with Crippen molar-refractivity contribution in [1.82, 2.24) is 9.29 Å². The number of methoxy groups -OCH3 is 1. The molecule has 0 bridgehead atoms. The van der Waals surface area contributed by atoms with Gasteiger partial charge in [0.1, 0.15) is 6.54 Å². The first-order valence-corrected chi connectivity index (χ1v) is 6.01. The van der Waals surface area contributed by atoms with Gasteiger partial charge in [-0.2, -0.15) is 8.42 Å². The van der Waals surface area contributed by atoms with Gasteiger partial charge in [0.25, 0.3) is 15.9 Å². The van der Waals surface area contributed by atoms with Gasteiger partial charge >= 0.3 is 5.97 Å². The maximum atomic E-state index is 11.9. The molecule has 1 aliphatic heterocycles. The van der Waals surface area contributed by atoms with Crippen LogP contribution in [0.5, 0.6) is 0 Å². The normalized spacial score (nSPS) is 16.8. The summed E-state index contributed by atoms with van der Waals surface area (Å²) in [7, 11) is -2.92. The standard InChI is InChI=1S/C9H8N2O5S/c1-16-7(12)5-11-9(13)6-3-2-4-10-8(6)17(11,14)15/h2-4H,5H2,1H3. The number of carbonyl (C=O) groups is 2. The van der Waals surface area contributed by atoms with E-state index in [1.807, 2.05) is 0 Å². The van der Waals surface area contributed by atoms with Crippen LogP contribution in [0.2, 0.25) is 0 Å². The molecule has 1 aromatic rings. The van der Waals surface area contributed by atoms with Crippen LogP contribution in [0.4, 0.5) is 0 Å². The topological polar surface area (TPSA) is 93.6 Å². The van der Waals surface area contributed by atoms with Crippen LogP contribution in [0, 0.1) is 0 Å². The third kappa shape index (κ3) is 1.66. The van der Waals surface area contributed by atoms with Gasteiger partial charge in [-0.3, -0.25) is 9.59 Å². The van der Waals surface area contributed by atoms with Crippen LogP contribution >= 0.6 is 0 Å². The van der Waals surface area contributed by atoms with Crippen LogP contribution < -0.4 is 0 Å². The number of esters is 1. The molecule has 8 heteroatoms. The van der Waals surface area contributed by atoms with Gasteiger partial charge in [0.2, 0.25) is 0 Å². The van der Waals surface area contributed by atoms with Gasteiger partial charge in [-0.05, 0) is 12.1 Å². The first-order valence-electron chi connectivity index (χ1n) is 4.57. The zero-order chi connectivity index (χ0) is 12.6. The monoisotopic (exact) mass is 256 g/mol. The van der Waals surface area contributed by atoms with E-state index >= 15 is 0 Å². The summed E-state index contributed by atoms with van der Waals surface area (Å²) in [4.78, 5) is 26.5. The summed E-state index contributed by atoms with van der Waals surface area (Å²) in [5.74, 6) is -1.58. The van der Waals surface area contributed by atoms with Crippen molar-refractivity contribution >= 4 is 21.9 Å². The summed E-state index contributed by atoms with van der Waals surface area (Å²) in [5.41, 5.74) is -0.0311. The number of aromatic nitrogens is 1. The lowest BCUT2D eigenvalue weighted by Crippen LogP contribution is -2.35. The Bertz CT molecular complexity index is 595. The predicted molar refractivity (Wildman–Crippen MR) is 54.5 cm³/mol. The number of pyridine rings is 1. The summed E-state index contributed by atoms with van der Waals surface area (Å²) in [6.45, 7) is -0.645. The Morgan fingerprint density at radius 2 is 2.24 bits per heavy atom. The summed E-state index contributed by atoms with van der Waals surface area (Å²) in [5, 5.41) is -0.325. The Kier molecular flexibility index (Phi) is 2.58. The van der Waals surface area contributed by atoms with Crippen molar-refractivity contribution in [1.29, 1.82) is 0 Å². The molecule has 0 saturated heterocycles. The number of hydrogen-bond donors (Lipinski definition) is 0. The van der Waals surface area contributed by atoms with Crippen molar-refractivity contribution in [3.63, 3.8) is 0 Å². The van der Waals surface area contributed by atoms with Crippen molar-refractivity contribution < 1.29 is 22.7 Å². The average molecular weight is 256 g/mol. The lowest BCUT2D eigenvalue weighted by atomic mass is 10.3. The fraction of sp³-hybridized carbons (Fsp3) is 0.222. The molecule has 0 spiro atoms. The number of hydrogen-bond acceptors (Lipinski definition) is 6. The molecule has 0 saturated carbocycles. The first-order chi connectivity index (χ1) is 7.98. The van der Waals surface area contributed by atoms with Gasteiger partial charge < -0.3 is 4.74 Å². The van der Waals surface area contributed by atoms with Crippen LogP contribution in [0.15, 0.2) is 23.4 Å². The summed E-state index contributed by atoms with van der Waals surface area (Å²) < 4.78 is 28.6. The smallest absolute Gasteiger partial charge is 0.326 e. The van der Waals surface area contributed by atoms with Crippen LogP contribution in [0.25, 0.3) is 0 Å². The molecule has 0 N–H and O–H groups in total. The molecule has 0 unspecified atom stereocenters. The van der Waals surface area contributed by atoms with Gasteiger partial charge in [0, 0.05) is 6.20 Å². The molecule has 17 heavy (non-hydrogen) atoms. The fourth-order valence-corrected chi connectivity index (χ4v) is 2.87. The summed E-state index contributed by atoms with van der Waals surface area (Å²) in [6.07, 6.45) is 1.27. The third-order valence-corrected chi connectivity index (χ3v) is 3.95. The zero-order valence-corrected chi connectivity index (χ0v) is 9.60. The highest BCUT2D eigenvalue weighted by Crippen LogP contribution is 2.27. The zero-order valence-electron chi connectivity index (χ0n) is 8.78. The second kappa shape index (κ2) is 3.81. The number of carbonyl (C=O) groups excluding carboxylic acids is 2. The molecule has 1 amide bonds. The van der Waals surface area contributed by atoms with Gasteiger partial charge in [-0.15, -0.1) is 0 Å². The Labute approximate surface area is 97.1 Å². The van der Waals surface area contributed by atoms with Crippen molar-refractivity contribution in [3.8, 4) is 0 Å². The van der Waals surface area contributed by atoms with E-state index in [0.717, 1.165) is 7.11 Å². The minimum Gasteiger partial charge on any atom is -0.468 e. The second-order valence-corrected chi connectivity index (χ2v) is 5.03. The highest BCUT2D eigenvalue weighted by molar-refractivity contribution is 7.90. The van der Waals surface area contributed by atoms with E-state index in [1.165, 1.54) is 18.3 Å². The summed E-state index contributed by atoms with van der Waals surface area (Å²) in [6, 6.07) is 2.80. The molecule has 1 aromatic heterocycles. The molecular weight excluding hydrogens is 248 g/mol.